The van der Waals surface area contributed by atoms with Crippen molar-refractivity contribution in [2.45, 2.75) is 62.8 Å². The monoisotopic (exact) mass is 479 g/mol. The highest BCUT2D eigenvalue weighted by atomic mass is 16.5. The number of nitrogens with zero attached hydrogens (tertiary/aromatic N) is 3. The van der Waals surface area contributed by atoms with Crippen molar-refractivity contribution >= 4 is 23.4 Å². The van der Waals surface area contributed by atoms with Crippen LogP contribution in [0.5, 0.6) is 5.75 Å². The Balaban J connectivity index is 1.26. The van der Waals surface area contributed by atoms with Crippen LogP contribution >= 0.6 is 0 Å². The van der Waals surface area contributed by atoms with E-state index in [0.29, 0.717) is 35.9 Å². The minimum absolute atomic E-state index is 0.0238. The first kappa shape index (κ1) is 23.2. The molecule has 10 heteroatoms. The van der Waals surface area contributed by atoms with E-state index in [2.05, 4.69) is 20.6 Å². The highest BCUT2D eigenvalue weighted by molar-refractivity contribution is 6.04. The standard InChI is InChI=1S/C25H29N5O5/c1-30-20-7-6-17(12-23(31)28-15-3-2-4-15)35-22(20)14-34-21-8-5-16(11-18(21)25(30)33)29-24(32)19-13-26-9-10-27-19/h5,8-11,13,15,17,20,22H,2-4,6-7,12,14H2,1H3,(H,28,31)(H,29,32)/t17-,20+,22-/m0/s1. The molecule has 2 aliphatic heterocycles. The van der Waals surface area contributed by atoms with E-state index in [1.165, 1.54) is 25.0 Å². The second-order valence-electron chi connectivity index (χ2n) is 9.32. The quantitative estimate of drug-likeness (QED) is 0.674. The molecule has 1 aromatic heterocycles. The summed E-state index contributed by atoms with van der Waals surface area (Å²) in [5.74, 6) is -0.184. The van der Waals surface area contributed by atoms with E-state index in [0.717, 1.165) is 19.3 Å². The summed E-state index contributed by atoms with van der Waals surface area (Å²) >= 11 is 0. The SMILES string of the molecule is CN1C(=O)c2cc(NC(=O)c3cnccn3)ccc2OC[C@@H]2O[C@H](CC(=O)NC3CCC3)CC[C@H]21. The summed E-state index contributed by atoms with van der Waals surface area (Å²) in [6.45, 7) is 0.265. The average molecular weight is 480 g/mol. The Hall–Kier alpha value is -3.53. The van der Waals surface area contributed by atoms with Gasteiger partial charge >= 0.3 is 0 Å². The maximum Gasteiger partial charge on any atom is 0.275 e. The van der Waals surface area contributed by atoms with Gasteiger partial charge < -0.3 is 25.0 Å². The molecule has 0 unspecified atom stereocenters. The highest BCUT2D eigenvalue weighted by Gasteiger charge is 2.39. The molecule has 184 valence electrons. The van der Waals surface area contributed by atoms with E-state index in [4.69, 9.17) is 9.47 Å². The number of likely N-dealkylation sites (N-methyl/N-ethyl adjacent to an activating group) is 1. The molecular formula is C25H29N5O5. The van der Waals surface area contributed by atoms with Crippen molar-refractivity contribution in [2.75, 3.05) is 19.0 Å². The topological polar surface area (TPSA) is 123 Å². The van der Waals surface area contributed by atoms with Crippen molar-refractivity contribution in [2.24, 2.45) is 0 Å². The first-order chi connectivity index (χ1) is 17.0. The van der Waals surface area contributed by atoms with E-state index >= 15 is 0 Å². The second kappa shape index (κ2) is 9.99. The molecule has 3 heterocycles. The van der Waals surface area contributed by atoms with Crippen LogP contribution in [0.25, 0.3) is 0 Å². The number of carbonyl (C=O) groups is 3. The third kappa shape index (κ3) is 5.12. The van der Waals surface area contributed by atoms with Gasteiger partial charge in [-0.05, 0) is 50.3 Å². The predicted molar refractivity (Wildman–Crippen MR) is 126 cm³/mol. The van der Waals surface area contributed by atoms with Crippen LogP contribution in [0.2, 0.25) is 0 Å². The number of amides is 3. The van der Waals surface area contributed by atoms with Crippen LogP contribution in [-0.4, -0.2) is 70.5 Å². The molecule has 35 heavy (non-hydrogen) atoms. The van der Waals surface area contributed by atoms with Gasteiger partial charge in [-0.25, -0.2) is 4.98 Å². The summed E-state index contributed by atoms with van der Waals surface area (Å²) in [4.78, 5) is 47.7. The highest BCUT2D eigenvalue weighted by Crippen LogP contribution is 2.32. The molecule has 3 atom stereocenters. The zero-order valence-electron chi connectivity index (χ0n) is 19.6. The molecule has 2 fully saturated rings. The van der Waals surface area contributed by atoms with E-state index in [-0.39, 0.29) is 42.4 Å². The Morgan fingerprint density at radius 1 is 1.17 bits per heavy atom. The Bertz CT molecular complexity index is 1110. The number of hydrogen-bond donors (Lipinski definition) is 2. The smallest absolute Gasteiger partial charge is 0.275 e. The van der Waals surface area contributed by atoms with Gasteiger partial charge in [0.05, 0.1) is 30.3 Å². The molecule has 0 bridgehead atoms. The van der Waals surface area contributed by atoms with Crippen molar-refractivity contribution in [3.8, 4) is 5.75 Å². The second-order valence-corrected chi connectivity index (χ2v) is 9.32. The summed E-state index contributed by atoms with van der Waals surface area (Å²) in [5.41, 5.74) is 1.00. The van der Waals surface area contributed by atoms with Gasteiger partial charge in [0, 0.05) is 31.2 Å². The molecule has 1 saturated carbocycles. The molecule has 3 amide bonds. The maximum atomic E-state index is 13.4. The Labute approximate surface area is 203 Å². The summed E-state index contributed by atoms with van der Waals surface area (Å²) in [6.07, 6.45) is 8.78. The van der Waals surface area contributed by atoms with Crippen molar-refractivity contribution < 1.29 is 23.9 Å². The molecule has 1 saturated heterocycles. The molecule has 1 aromatic carbocycles. The molecule has 1 aliphatic carbocycles. The van der Waals surface area contributed by atoms with E-state index in [1.54, 1.807) is 30.1 Å². The lowest BCUT2D eigenvalue weighted by Crippen LogP contribution is -2.54. The van der Waals surface area contributed by atoms with Crippen molar-refractivity contribution in [3.63, 3.8) is 0 Å². The lowest BCUT2D eigenvalue weighted by molar-refractivity contribution is -0.135. The lowest BCUT2D eigenvalue weighted by atomic mass is 9.92. The molecule has 2 N–H and O–H groups in total. The Kier molecular flexibility index (Phi) is 6.63. The van der Waals surface area contributed by atoms with Crippen molar-refractivity contribution in [3.05, 3.63) is 48.0 Å². The number of hydrogen-bond acceptors (Lipinski definition) is 7. The molecular weight excluding hydrogens is 450 g/mol. The van der Waals surface area contributed by atoms with Gasteiger partial charge in [-0.1, -0.05) is 0 Å². The van der Waals surface area contributed by atoms with Gasteiger partial charge in [-0.2, -0.15) is 0 Å². The summed E-state index contributed by atoms with van der Waals surface area (Å²) in [5, 5.41) is 5.82. The van der Waals surface area contributed by atoms with Crippen LogP contribution < -0.4 is 15.4 Å². The van der Waals surface area contributed by atoms with E-state index in [9.17, 15) is 14.4 Å². The molecule has 0 spiro atoms. The van der Waals surface area contributed by atoms with Crippen LogP contribution in [0.15, 0.2) is 36.8 Å². The van der Waals surface area contributed by atoms with Gasteiger partial charge in [0.2, 0.25) is 5.91 Å². The van der Waals surface area contributed by atoms with Gasteiger partial charge in [0.25, 0.3) is 11.8 Å². The first-order valence-electron chi connectivity index (χ1n) is 12.0. The third-order valence-electron chi connectivity index (χ3n) is 6.95. The summed E-state index contributed by atoms with van der Waals surface area (Å²) < 4.78 is 12.2. The van der Waals surface area contributed by atoms with Gasteiger partial charge in [-0.3, -0.25) is 19.4 Å². The minimum atomic E-state index is -0.418. The van der Waals surface area contributed by atoms with Crippen molar-refractivity contribution in [1.29, 1.82) is 0 Å². The predicted octanol–water partition coefficient (Wildman–Crippen LogP) is 2.17. The minimum Gasteiger partial charge on any atom is -0.490 e. The normalized spacial score (nSPS) is 24.1. The van der Waals surface area contributed by atoms with Crippen molar-refractivity contribution in [1.82, 2.24) is 20.2 Å². The van der Waals surface area contributed by atoms with Crippen LogP contribution in [0.4, 0.5) is 5.69 Å². The summed E-state index contributed by atoms with van der Waals surface area (Å²) in [6, 6.07) is 5.09. The molecule has 10 nitrogen and oxygen atoms in total. The van der Waals surface area contributed by atoms with Gasteiger partial charge in [-0.15, -0.1) is 0 Å². The van der Waals surface area contributed by atoms with Crippen LogP contribution in [0.1, 0.15) is 59.4 Å². The fourth-order valence-corrected chi connectivity index (χ4v) is 4.76. The number of carbonyl (C=O) groups excluding carboxylic acids is 3. The Morgan fingerprint density at radius 2 is 2.03 bits per heavy atom. The van der Waals surface area contributed by atoms with Gasteiger partial charge in [0.1, 0.15) is 24.2 Å². The molecule has 0 radical (unpaired) electrons. The van der Waals surface area contributed by atoms with Crippen LogP contribution in [0, 0.1) is 0 Å². The first-order valence-corrected chi connectivity index (χ1v) is 12.0. The van der Waals surface area contributed by atoms with Crippen LogP contribution in [0.3, 0.4) is 0 Å². The zero-order chi connectivity index (χ0) is 24.4. The number of ether oxygens (including phenoxy) is 2. The Morgan fingerprint density at radius 3 is 2.77 bits per heavy atom. The maximum absolute atomic E-state index is 13.4. The lowest BCUT2D eigenvalue weighted by Gasteiger charge is -2.42. The number of anilines is 1. The number of fused-ring (bicyclic) bond motifs is 2. The number of aromatic nitrogens is 2. The van der Waals surface area contributed by atoms with E-state index < -0.39 is 5.91 Å². The number of benzene rings is 1. The largest absolute Gasteiger partial charge is 0.490 e. The molecule has 2 aromatic rings. The third-order valence-corrected chi connectivity index (χ3v) is 6.95. The molecule has 3 aliphatic rings. The van der Waals surface area contributed by atoms with E-state index in [1.807, 2.05) is 0 Å². The summed E-state index contributed by atoms with van der Waals surface area (Å²) in [7, 11) is 1.76. The fourth-order valence-electron chi connectivity index (χ4n) is 4.76. The molecule has 5 rings (SSSR count). The average Bonchev–Trinajstić information content (AvgIpc) is 2.84. The number of nitrogens with one attached hydrogen (secondary N) is 2. The fraction of sp³-hybridized carbons (Fsp3) is 0.480. The zero-order valence-corrected chi connectivity index (χ0v) is 19.6. The van der Waals surface area contributed by atoms with Crippen LogP contribution in [-0.2, 0) is 9.53 Å². The number of rotatable bonds is 5. The van der Waals surface area contributed by atoms with Gasteiger partial charge in [0.15, 0.2) is 0 Å².